The summed E-state index contributed by atoms with van der Waals surface area (Å²) in [5.41, 5.74) is 5.34. The molecule has 0 radical (unpaired) electrons. The lowest BCUT2D eigenvalue weighted by Gasteiger charge is -2.21. The van der Waals surface area contributed by atoms with Crippen LogP contribution in [0.2, 0.25) is 0 Å². The van der Waals surface area contributed by atoms with Gasteiger partial charge in [0.15, 0.2) is 0 Å². The molecule has 0 amide bonds. The van der Waals surface area contributed by atoms with Crippen molar-refractivity contribution < 1.29 is 0 Å². The van der Waals surface area contributed by atoms with Crippen molar-refractivity contribution in [1.82, 2.24) is 4.90 Å². The highest BCUT2D eigenvalue weighted by Crippen LogP contribution is 2.34. The van der Waals surface area contributed by atoms with E-state index in [1.54, 1.807) is 0 Å². The summed E-state index contributed by atoms with van der Waals surface area (Å²) in [6.07, 6.45) is 8.27. The highest BCUT2D eigenvalue weighted by Gasteiger charge is 2.28. The Morgan fingerprint density at radius 1 is 0.840 bits per heavy atom. The first-order valence-electron chi connectivity index (χ1n) is 9.83. The highest BCUT2D eigenvalue weighted by atomic mass is 15.1. The fourth-order valence-electron chi connectivity index (χ4n) is 4.52. The first-order valence-corrected chi connectivity index (χ1v) is 9.83. The summed E-state index contributed by atoms with van der Waals surface area (Å²) in [4.78, 5) is 2.70. The second-order valence-electron chi connectivity index (χ2n) is 7.96. The van der Waals surface area contributed by atoms with Crippen LogP contribution >= 0.6 is 0 Å². The largest absolute Gasteiger partial charge is 0.299 e. The first-order chi connectivity index (χ1) is 12.3. The first kappa shape index (κ1) is 16.6. The number of nitrogens with zero attached hydrogens (tertiary/aromatic N) is 1. The summed E-state index contributed by atoms with van der Waals surface area (Å²) < 4.78 is 0. The van der Waals surface area contributed by atoms with Crippen molar-refractivity contribution >= 4 is 5.57 Å². The molecule has 2 heterocycles. The van der Waals surface area contributed by atoms with Gasteiger partial charge in [0.05, 0.1) is 0 Å². The van der Waals surface area contributed by atoms with E-state index in [0.717, 1.165) is 18.4 Å². The SMILES string of the molecule is Cc1ccc(C(=CCN2CC3CCC(CC3)C2)c2ccccc2)cc1. The zero-order valence-electron chi connectivity index (χ0n) is 15.3. The average molecular weight is 332 g/mol. The molecule has 0 aromatic heterocycles. The predicted molar refractivity (Wildman–Crippen MR) is 107 cm³/mol. The molecule has 25 heavy (non-hydrogen) atoms. The third kappa shape index (κ3) is 4.04. The zero-order valence-corrected chi connectivity index (χ0v) is 15.3. The summed E-state index contributed by atoms with van der Waals surface area (Å²) in [5.74, 6) is 1.87. The van der Waals surface area contributed by atoms with E-state index in [-0.39, 0.29) is 0 Å². The molecule has 1 nitrogen and oxygen atoms in total. The van der Waals surface area contributed by atoms with Crippen molar-refractivity contribution in [3.05, 3.63) is 77.4 Å². The van der Waals surface area contributed by atoms with Gasteiger partial charge in [-0.15, -0.1) is 0 Å². The molecule has 2 aromatic rings. The number of fused-ring (bicyclic) bond motifs is 4. The van der Waals surface area contributed by atoms with Crippen molar-refractivity contribution in [1.29, 1.82) is 0 Å². The van der Waals surface area contributed by atoms with Crippen LogP contribution in [0.3, 0.4) is 0 Å². The Kier molecular flexibility index (Phi) is 5.03. The second kappa shape index (κ2) is 7.58. The third-order valence-electron chi connectivity index (χ3n) is 6.00. The van der Waals surface area contributed by atoms with Gasteiger partial charge in [0.1, 0.15) is 0 Å². The summed E-state index contributed by atoms with van der Waals surface area (Å²) in [6, 6.07) is 19.8. The molecular weight excluding hydrogens is 302 g/mol. The standard InChI is InChI=1S/C24H29N/c1-19-7-13-23(14-8-19)24(22-5-3-2-4-6-22)15-16-25-17-20-9-10-21(18-25)12-11-20/h2-8,13-15,20-21H,9-12,16-18H2,1H3. The van der Waals surface area contributed by atoms with Gasteiger partial charge in [-0.2, -0.15) is 0 Å². The van der Waals surface area contributed by atoms with Gasteiger partial charge < -0.3 is 0 Å². The van der Waals surface area contributed by atoms with Gasteiger partial charge in [0.2, 0.25) is 0 Å². The smallest absolute Gasteiger partial charge is 0.0172 e. The van der Waals surface area contributed by atoms with E-state index in [0.29, 0.717) is 0 Å². The van der Waals surface area contributed by atoms with Gasteiger partial charge in [-0.1, -0.05) is 66.2 Å². The van der Waals surface area contributed by atoms with Gasteiger partial charge in [-0.25, -0.2) is 0 Å². The van der Waals surface area contributed by atoms with Gasteiger partial charge in [0, 0.05) is 19.6 Å². The number of benzene rings is 2. The molecule has 130 valence electrons. The number of hydrogen-bond acceptors (Lipinski definition) is 1. The molecule has 5 rings (SSSR count). The van der Waals surface area contributed by atoms with E-state index >= 15 is 0 Å². The molecule has 0 N–H and O–H groups in total. The maximum absolute atomic E-state index is 2.70. The Labute approximate surface area is 152 Å². The lowest BCUT2D eigenvalue weighted by atomic mass is 9.84. The molecule has 0 spiro atoms. The summed E-state index contributed by atoms with van der Waals surface area (Å²) in [5, 5.41) is 0. The summed E-state index contributed by atoms with van der Waals surface area (Å²) in [6.45, 7) is 5.82. The van der Waals surface area contributed by atoms with Crippen LogP contribution in [0.5, 0.6) is 0 Å². The normalized spacial score (nSPS) is 24.3. The molecule has 1 heteroatoms. The van der Waals surface area contributed by atoms with Crippen LogP contribution in [-0.2, 0) is 0 Å². The van der Waals surface area contributed by atoms with Crippen LogP contribution in [0, 0.1) is 18.8 Å². The Bertz CT molecular complexity index is 692. The molecular formula is C24H29N. The van der Waals surface area contributed by atoms with Crippen LogP contribution in [-0.4, -0.2) is 24.5 Å². The number of hydrogen-bond donors (Lipinski definition) is 0. The van der Waals surface area contributed by atoms with Crippen molar-refractivity contribution in [3.8, 4) is 0 Å². The third-order valence-corrected chi connectivity index (χ3v) is 6.00. The van der Waals surface area contributed by atoms with Crippen molar-refractivity contribution in [3.63, 3.8) is 0 Å². The van der Waals surface area contributed by atoms with Crippen LogP contribution < -0.4 is 0 Å². The minimum atomic E-state index is 0.937. The quantitative estimate of drug-likeness (QED) is 0.710. The monoisotopic (exact) mass is 331 g/mol. The lowest BCUT2D eigenvalue weighted by Crippen LogP contribution is -2.28. The minimum absolute atomic E-state index is 0.937. The summed E-state index contributed by atoms with van der Waals surface area (Å²) >= 11 is 0. The van der Waals surface area contributed by atoms with Gasteiger partial charge >= 0.3 is 0 Å². The predicted octanol–water partition coefficient (Wildman–Crippen LogP) is 5.55. The van der Waals surface area contributed by atoms with Gasteiger partial charge in [0.25, 0.3) is 0 Å². The molecule has 2 saturated heterocycles. The molecule has 1 aliphatic carbocycles. The summed E-state index contributed by atoms with van der Waals surface area (Å²) in [7, 11) is 0. The number of rotatable bonds is 4. The van der Waals surface area contributed by atoms with Crippen molar-refractivity contribution in [2.45, 2.75) is 32.6 Å². The Morgan fingerprint density at radius 2 is 1.40 bits per heavy atom. The van der Waals surface area contributed by atoms with Crippen LogP contribution in [0.4, 0.5) is 0 Å². The maximum atomic E-state index is 2.70. The molecule has 3 aliphatic rings. The van der Waals surface area contributed by atoms with E-state index < -0.39 is 0 Å². The fourth-order valence-corrected chi connectivity index (χ4v) is 4.52. The zero-order chi connectivity index (χ0) is 17.1. The van der Waals surface area contributed by atoms with E-state index in [1.807, 2.05) is 0 Å². The van der Waals surface area contributed by atoms with Gasteiger partial charge in [-0.3, -0.25) is 4.90 Å². The molecule has 2 bridgehead atoms. The van der Waals surface area contributed by atoms with E-state index in [2.05, 4.69) is 72.5 Å². The van der Waals surface area contributed by atoms with E-state index in [9.17, 15) is 0 Å². The molecule has 3 fully saturated rings. The lowest BCUT2D eigenvalue weighted by molar-refractivity contribution is 0.279. The van der Waals surface area contributed by atoms with Crippen molar-refractivity contribution in [2.75, 3.05) is 19.6 Å². The fraction of sp³-hybridized carbons (Fsp3) is 0.417. The van der Waals surface area contributed by atoms with Gasteiger partial charge in [-0.05, 0) is 61.1 Å². The maximum Gasteiger partial charge on any atom is 0.0172 e. The van der Waals surface area contributed by atoms with E-state index in [4.69, 9.17) is 0 Å². The molecule has 0 atom stereocenters. The van der Waals surface area contributed by atoms with Crippen LogP contribution in [0.1, 0.15) is 42.4 Å². The average Bonchev–Trinajstić information content (AvgIpc) is 2.97. The Balaban J connectivity index is 1.59. The Hall–Kier alpha value is -1.86. The molecule has 1 saturated carbocycles. The van der Waals surface area contributed by atoms with Crippen LogP contribution in [0.15, 0.2) is 60.7 Å². The molecule has 2 aromatic carbocycles. The van der Waals surface area contributed by atoms with Crippen LogP contribution in [0.25, 0.3) is 5.57 Å². The number of aryl methyl sites for hydroxylation is 1. The van der Waals surface area contributed by atoms with E-state index in [1.165, 1.54) is 61.0 Å². The molecule has 0 unspecified atom stereocenters. The highest BCUT2D eigenvalue weighted by molar-refractivity contribution is 5.79. The Morgan fingerprint density at radius 3 is 2.00 bits per heavy atom. The minimum Gasteiger partial charge on any atom is -0.299 e. The second-order valence-corrected chi connectivity index (χ2v) is 7.96. The molecule has 2 aliphatic heterocycles. The topological polar surface area (TPSA) is 3.24 Å². The van der Waals surface area contributed by atoms with Crippen molar-refractivity contribution in [2.24, 2.45) is 11.8 Å².